The van der Waals surface area contributed by atoms with Crippen molar-refractivity contribution >= 4 is 11.6 Å². The van der Waals surface area contributed by atoms with Crippen molar-refractivity contribution in [1.82, 2.24) is 30.1 Å². The summed E-state index contributed by atoms with van der Waals surface area (Å²) in [6.45, 7) is 0.301. The molecular formula is C18H12F3N7O2. The molecule has 1 aromatic carbocycles. The first-order chi connectivity index (χ1) is 14.4. The third kappa shape index (κ3) is 4.32. The minimum Gasteiger partial charge on any atom is -0.329 e. The summed E-state index contributed by atoms with van der Waals surface area (Å²) < 4.78 is 43.4. The lowest BCUT2D eigenvalue weighted by Gasteiger charge is -2.02. The molecule has 0 fully saturated rings. The second-order valence-corrected chi connectivity index (χ2v) is 6.11. The Balaban J connectivity index is 1.42. The van der Waals surface area contributed by atoms with E-state index in [1.165, 1.54) is 10.9 Å². The van der Waals surface area contributed by atoms with Crippen LogP contribution < -0.4 is 5.32 Å². The fraction of sp³-hybridized carbons (Fsp3) is 0.111. The minimum atomic E-state index is -4.69. The van der Waals surface area contributed by atoms with Gasteiger partial charge in [0.05, 0.1) is 12.7 Å². The number of aromatic nitrogens is 6. The first kappa shape index (κ1) is 19.2. The minimum absolute atomic E-state index is 0.134. The van der Waals surface area contributed by atoms with Gasteiger partial charge in [-0.25, -0.2) is 4.68 Å². The lowest BCUT2D eigenvalue weighted by Crippen LogP contribution is -2.12. The third-order valence-electron chi connectivity index (χ3n) is 3.93. The van der Waals surface area contributed by atoms with Crippen LogP contribution in [-0.2, 0) is 12.7 Å². The first-order valence-corrected chi connectivity index (χ1v) is 8.50. The average molecular weight is 415 g/mol. The van der Waals surface area contributed by atoms with Crippen LogP contribution in [0, 0.1) is 0 Å². The van der Waals surface area contributed by atoms with E-state index in [0.29, 0.717) is 17.8 Å². The number of carbonyl (C=O) groups excluding carboxylic acids is 1. The predicted molar refractivity (Wildman–Crippen MR) is 96.1 cm³/mol. The number of amides is 1. The van der Waals surface area contributed by atoms with Crippen LogP contribution in [0.5, 0.6) is 0 Å². The van der Waals surface area contributed by atoms with Crippen LogP contribution in [0.4, 0.5) is 18.9 Å². The molecule has 1 N–H and O–H groups in total. The normalized spacial score (nSPS) is 11.4. The third-order valence-corrected chi connectivity index (χ3v) is 3.93. The van der Waals surface area contributed by atoms with E-state index >= 15 is 0 Å². The zero-order chi connectivity index (χ0) is 21.1. The first-order valence-electron chi connectivity index (χ1n) is 8.50. The molecule has 4 aromatic rings. The van der Waals surface area contributed by atoms with E-state index < -0.39 is 18.0 Å². The predicted octanol–water partition coefficient (Wildman–Crippen LogP) is 3.04. The van der Waals surface area contributed by atoms with E-state index in [-0.39, 0.29) is 11.5 Å². The number of alkyl halides is 3. The Kier molecular flexibility index (Phi) is 4.96. The highest BCUT2D eigenvalue weighted by molar-refractivity contribution is 6.02. The summed E-state index contributed by atoms with van der Waals surface area (Å²) in [5.74, 6) is -1.98. The van der Waals surface area contributed by atoms with Crippen molar-refractivity contribution in [1.29, 1.82) is 0 Å². The Morgan fingerprint density at radius 3 is 2.50 bits per heavy atom. The van der Waals surface area contributed by atoms with E-state index in [1.54, 1.807) is 48.8 Å². The highest BCUT2D eigenvalue weighted by atomic mass is 19.4. The SMILES string of the molecule is O=C(Nc1ccncc1)c1cn(Cc2ccc(-c3noc(C(F)(F)F)n3)cc2)nn1. The summed E-state index contributed by atoms with van der Waals surface area (Å²) in [6, 6.07) is 9.77. The summed E-state index contributed by atoms with van der Waals surface area (Å²) >= 11 is 0. The number of hydrogen-bond donors (Lipinski definition) is 1. The van der Waals surface area contributed by atoms with Gasteiger partial charge in [0.15, 0.2) is 5.69 Å². The maximum absolute atomic E-state index is 12.6. The number of rotatable bonds is 5. The van der Waals surface area contributed by atoms with Crippen molar-refractivity contribution in [2.45, 2.75) is 12.7 Å². The number of benzene rings is 1. The van der Waals surface area contributed by atoms with Gasteiger partial charge in [-0.3, -0.25) is 9.78 Å². The maximum atomic E-state index is 12.6. The second kappa shape index (κ2) is 7.73. The molecular weight excluding hydrogens is 403 g/mol. The number of nitrogens with zero attached hydrogens (tertiary/aromatic N) is 6. The number of carbonyl (C=O) groups is 1. The van der Waals surface area contributed by atoms with Crippen molar-refractivity contribution in [3.63, 3.8) is 0 Å². The number of pyridine rings is 1. The summed E-state index contributed by atoms with van der Waals surface area (Å²) in [7, 11) is 0. The van der Waals surface area contributed by atoms with Crippen molar-refractivity contribution in [3.05, 3.63) is 72.1 Å². The zero-order valence-electron chi connectivity index (χ0n) is 15.0. The standard InChI is InChI=1S/C18H12F3N7O2/c19-18(20,21)17-24-15(26-30-17)12-3-1-11(2-4-12)9-28-10-14(25-27-28)16(29)23-13-5-7-22-8-6-13/h1-8,10H,9H2,(H,22,23,29). The highest BCUT2D eigenvalue weighted by Gasteiger charge is 2.38. The van der Waals surface area contributed by atoms with Gasteiger partial charge in [0.1, 0.15) is 0 Å². The summed E-state index contributed by atoms with van der Waals surface area (Å²) in [4.78, 5) is 19.4. The van der Waals surface area contributed by atoms with Gasteiger partial charge in [0, 0.05) is 23.6 Å². The van der Waals surface area contributed by atoms with E-state index in [0.717, 1.165) is 5.56 Å². The van der Waals surface area contributed by atoms with Crippen molar-refractivity contribution in [2.24, 2.45) is 0 Å². The molecule has 0 spiro atoms. The molecule has 0 saturated heterocycles. The van der Waals surface area contributed by atoms with Gasteiger partial charge in [0.2, 0.25) is 5.82 Å². The zero-order valence-corrected chi connectivity index (χ0v) is 15.0. The topological polar surface area (TPSA) is 112 Å². The lowest BCUT2D eigenvalue weighted by molar-refractivity contribution is -0.159. The Morgan fingerprint density at radius 1 is 1.10 bits per heavy atom. The van der Waals surface area contributed by atoms with Crippen LogP contribution >= 0.6 is 0 Å². The van der Waals surface area contributed by atoms with Gasteiger partial charge in [-0.15, -0.1) is 5.10 Å². The Labute approximate surface area is 166 Å². The van der Waals surface area contributed by atoms with E-state index in [9.17, 15) is 18.0 Å². The molecule has 12 heteroatoms. The molecule has 0 saturated carbocycles. The molecule has 30 heavy (non-hydrogen) atoms. The van der Waals surface area contributed by atoms with Crippen LogP contribution in [0.25, 0.3) is 11.4 Å². The van der Waals surface area contributed by atoms with Gasteiger partial charge in [0.25, 0.3) is 5.91 Å². The molecule has 1 amide bonds. The molecule has 0 atom stereocenters. The fourth-order valence-electron chi connectivity index (χ4n) is 2.51. The molecule has 0 aliphatic heterocycles. The Hall–Kier alpha value is -4.09. The number of nitrogens with one attached hydrogen (secondary N) is 1. The van der Waals surface area contributed by atoms with Crippen LogP contribution in [0.2, 0.25) is 0 Å². The quantitative estimate of drug-likeness (QED) is 0.533. The molecule has 9 nitrogen and oxygen atoms in total. The van der Waals surface area contributed by atoms with Gasteiger partial charge in [-0.05, 0) is 17.7 Å². The van der Waals surface area contributed by atoms with Gasteiger partial charge < -0.3 is 9.84 Å². The Bertz CT molecular complexity index is 1150. The number of halogens is 3. The average Bonchev–Trinajstić information content (AvgIpc) is 3.39. The molecule has 0 radical (unpaired) electrons. The molecule has 152 valence electrons. The number of hydrogen-bond acceptors (Lipinski definition) is 7. The largest absolute Gasteiger partial charge is 0.471 e. The highest BCUT2D eigenvalue weighted by Crippen LogP contribution is 2.29. The Morgan fingerprint density at radius 2 is 1.83 bits per heavy atom. The van der Waals surface area contributed by atoms with Gasteiger partial charge in [-0.1, -0.05) is 34.6 Å². The number of anilines is 1. The molecule has 3 aromatic heterocycles. The summed E-state index contributed by atoms with van der Waals surface area (Å²) in [6.07, 6.45) is -0.109. The van der Waals surface area contributed by atoms with Crippen molar-refractivity contribution in [3.8, 4) is 11.4 Å². The van der Waals surface area contributed by atoms with Crippen LogP contribution in [0.3, 0.4) is 0 Å². The van der Waals surface area contributed by atoms with E-state index in [2.05, 4.69) is 35.3 Å². The molecule has 4 rings (SSSR count). The molecule has 0 aliphatic carbocycles. The smallest absolute Gasteiger partial charge is 0.329 e. The van der Waals surface area contributed by atoms with E-state index in [4.69, 9.17) is 0 Å². The lowest BCUT2D eigenvalue weighted by atomic mass is 10.1. The van der Waals surface area contributed by atoms with Crippen molar-refractivity contribution < 1.29 is 22.5 Å². The monoisotopic (exact) mass is 415 g/mol. The molecule has 0 unspecified atom stereocenters. The molecule has 3 heterocycles. The maximum Gasteiger partial charge on any atom is 0.471 e. The van der Waals surface area contributed by atoms with Gasteiger partial charge in [-0.2, -0.15) is 18.2 Å². The van der Waals surface area contributed by atoms with E-state index in [1.807, 2.05) is 0 Å². The molecule has 0 aliphatic rings. The molecule has 0 bridgehead atoms. The van der Waals surface area contributed by atoms with Gasteiger partial charge >= 0.3 is 12.1 Å². The van der Waals surface area contributed by atoms with Crippen LogP contribution in [-0.4, -0.2) is 36.0 Å². The second-order valence-electron chi connectivity index (χ2n) is 6.11. The van der Waals surface area contributed by atoms with Crippen LogP contribution in [0.1, 0.15) is 21.9 Å². The van der Waals surface area contributed by atoms with Crippen molar-refractivity contribution in [2.75, 3.05) is 5.32 Å². The summed E-state index contributed by atoms with van der Waals surface area (Å²) in [5, 5.41) is 13.8. The fourth-order valence-corrected chi connectivity index (χ4v) is 2.51. The van der Waals surface area contributed by atoms with Crippen LogP contribution in [0.15, 0.2) is 59.5 Å². The summed E-state index contributed by atoms with van der Waals surface area (Å²) in [5.41, 5.74) is 1.86.